The molecule has 2 aliphatic heterocycles. The van der Waals surface area contributed by atoms with E-state index < -0.39 is 23.7 Å². The summed E-state index contributed by atoms with van der Waals surface area (Å²) in [6.07, 6.45) is 0.949. The maximum Gasteiger partial charge on any atom is 0.329 e. The number of benzene rings is 2. The molecule has 2 aromatic carbocycles. The van der Waals surface area contributed by atoms with Crippen LogP contribution in [0.15, 0.2) is 59.2 Å². The highest BCUT2D eigenvalue weighted by atomic mass is 16.5. The molecule has 12 nitrogen and oxygen atoms in total. The minimum absolute atomic E-state index is 0.0136. The van der Waals surface area contributed by atoms with Crippen LogP contribution in [0.4, 0.5) is 0 Å². The van der Waals surface area contributed by atoms with Gasteiger partial charge in [-0.3, -0.25) is 15.0 Å². The Morgan fingerprint density at radius 2 is 1.80 bits per heavy atom. The first-order valence-electron chi connectivity index (χ1n) is 13.6. The highest BCUT2D eigenvalue weighted by Crippen LogP contribution is 2.43. The SMILES string of the molecule is CCC(Oc1ccc(C(=N)N)cc1)C(c1ccc2occc2c1)(C(C(=O)O)N1CCNCC1=O)N1CCNCC1=O. The van der Waals surface area contributed by atoms with E-state index in [4.69, 9.17) is 20.3 Å². The molecule has 3 unspecified atom stereocenters. The molecular weight excluding hydrogens is 528 g/mol. The van der Waals surface area contributed by atoms with E-state index in [2.05, 4.69) is 10.6 Å². The van der Waals surface area contributed by atoms with Crippen LogP contribution in [0.25, 0.3) is 11.0 Å². The van der Waals surface area contributed by atoms with E-state index in [1.165, 1.54) is 4.90 Å². The number of carboxylic acids is 1. The number of carbonyl (C=O) groups is 3. The van der Waals surface area contributed by atoms with Gasteiger partial charge in [0.1, 0.15) is 28.8 Å². The van der Waals surface area contributed by atoms with E-state index in [0.29, 0.717) is 42.0 Å². The van der Waals surface area contributed by atoms with Crippen LogP contribution in [0.5, 0.6) is 5.75 Å². The van der Waals surface area contributed by atoms with Crippen molar-refractivity contribution in [2.24, 2.45) is 5.73 Å². The molecule has 0 bridgehead atoms. The van der Waals surface area contributed by atoms with Crippen molar-refractivity contribution >= 4 is 34.6 Å². The van der Waals surface area contributed by atoms with E-state index >= 15 is 0 Å². The molecule has 5 rings (SSSR count). The van der Waals surface area contributed by atoms with Gasteiger partial charge in [-0.25, -0.2) is 4.79 Å². The Kier molecular flexibility index (Phi) is 7.95. The fourth-order valence-corrected chi connectivity index (χ4v) is 6.03. The van der Waals surface area contributed by atoms with Crippen LogP contribution in [0.1, 0.15) is 24.5 Å². The smallest absolute Gasteiger partial charge is 0.329 e. The first-order chi connectivity index (χ1) is 19.8. The third-order valence-electron chi connectivity index (χ3n) is 7.84. The van der Waals surface area contributed by atoms with Gasteiger partial charge in [-0.05, 0) is 54.4 Å². The molecule has 1 aromatic heterocycles. The number of nitrogens with two attached hydrogens (primary N) is 1. The second kappa shape index (κ2) is 11.6. The van der Waals surface area contributed by atoms with E-state index in [-0.39, 0.29) is 43.8 Å². The fourth-order valence-electron chi connectivity index (χ4n) is 6.03. The molecule has 6 N–H and O–H groups in total. The Morgan fingerprint density at radius 1 is 1.10 bits per heavy atom. The third-order valence-corrected chi connectivity index (χ3v) is 7.84. The predicted molar refractivity (Wildman–Crippen MR) is 151 cm³/mol. The number of carboxylic acid groups (broad SMARTS) is 1. The summed E-state index contributed by atoms with van der Waals surface area (Å²) in [5.74, 6) is -1.60. The lowest BCUT2D eigenvalue weighted by Gasteiger charge is -2.55. The quantitative estimate of drug-likeness (QED) is 0.179. The van der Waals surface area contributed by atoms with E-state index in [0.717, 1.165) is 5.39 Å². The number of nitrogens with zero attached hydrogens (tertiary/aromatic N) is 2. The van der Waals surface area contributed by atoms with Crippen molar-refractivity contribution < 1.29 is 28.6 Å². The van der Waals surface area contributed by atoms with Gasteiger partial charge in [0, 0.05) is 37.1 Å². The summed E-state index contributed by atoms with van der Waals surface area (Å²) in [6.45, 7) is 3.07. The molecule has 2 saturated heterocycles. The van der Waals surface area contributed by atoms with Gasteiger partial charge in [-0.1, -0.05) is 13.0 Å². The van der Waals surface area contributed by atoms with Crippen LogP contribution in [0.3, 0.4) is 0 Å². The van der Waals surface area contributed by atoms with Crippen LogP contribution in [-0.2, 0) is 19.9 Å². The van der Waals surface area contributed by atoms with Crippen molar-refractivity contribution in [1.82, 2.24) is 20.4 Å². The molecule has 3 aromatic rings. The van der Waals surface area contributed by atoms with Crippen molar-refractivity contribution in [2.75, 3.05) is 39.3 Å². The van der Waals surface area contributed by atoms with Gasteiger partial charge in [0.15, 0.2) is 6.04 Å². The van der Waals surface area contributed by atoms with E-state index in [1.54, 1.807) is 53.6 Å². The van der Waals surface area contributed by atoms with Crippen molar-refractivity contribution in [2.45, 2.75) is 31.0 Å². The van der Waals surface area contributed by atoms with Crippen LogP contribution < -0.4 is 21.1 Å². The van der Waals surface area contributed by atoms with Gasteiger partial charge >= 0.3 is 5.97 Å². The molecule has 3 heterocycles. The highest BCUT2D eigenvalue weighted by Gasteiger charge is 2.60. The fraction of sp³-hybridized carbons (Fsp3) is 0.379. The van der Waals surface area contributed by atoms with Gasteiger partial charge in [-0.2, -0.15) is 0 Å². The number of nitrogen functional groups attached to an aromatic ring is 1. The first-order valence-corrected chi connectivity index (χ1v) is 13.6. The zero-order valence-corrected chi connectivity index (χ0v) is 22.8. The Labute approximate surface area is 236 Å². The number of fused-ring (bicyclic) bond motifs is 1. The standard InChI is InChI=1S/C29H34N6O6/c1-2-23(41-21-6-3-18(4-7-21)27(30)31)29(35-13-11-33-17-25(35)37,20-5-8-22-19(15-20)9-14-40-22)26(28(38)39)34-12-10-32-16-24(34)36/h3-9,14-15,23,26,32-33H,2,10-13,16-17H2,1H3,(H3,30,31)(H,38,39). The van der Waals surface area contributed by atoms with Gasteiger partial charge in [0.05, 0.1) is 19.4 Å². The lowest BCUT2D eigenvalue weighted by Crippen LogP contribution is -2.74. The molecule has 12 heteroatoms. The lowest BCUT2D eigenvalue weighted by molar-refractivity contribution is -0.173. The minimum atomic E-state index is -1.63. The summed E-state index contributed by atoms with van der Waals surface area (Å²) < 4.78 is 12.2. The molecule has 0 aliphatic carbocycles. The molecular formula is C29H34N6O6. The number of piperazine rings is 2. The van der Waals surface area contributed by atoms with Gasteiger partial charge in [0.2, 0.25) is 11.8 Å². The monoisotopic (exact) mass is 562 g/mol. The molecule has 41 heavy (non-hydrogen) atoms. The average molecular weight is 563 g/mol. The van der Waals surface area contributed by atoms with Crippen molar-refractivity contribution in [3.8, 4) is 5.75 Å². The van der Waals surface area contributed by atoms with Crippen molar-refractivity contribution in [3.63, 3.8) is 0 Å². The van der Waals surface area contributed by atoms with Crippen LogP contribution in [-0.4, -0.2) is 89.9 Å². The largest absolute Gasteiger partial charge is 0.488 e. The van der Waals surface area contributed by atoms with Crippen molar-refractivity contribution in [3.05, 3.63) is 65.9 Å². The van der Waals surface area contributed by atoms with E-state index in [9.17, 15) is 19.5 Å². The summed E-state index contributed by atoms with van der Waals surface area (Å²) in [6, 6.07) is 12.3. The highest BCUT2D eigenvalue weighted by molar-refractivity contribution is 5.95. The molecule has 0 saturated carbocycles. The van der Waals surface area contributed by atoms with Gasteiger partial charge < -0.3 is 40.4 Å². The number of aliphatic carboxylic acids is 1. The number of nitrogens with one attached hydrogen (secondary N) is 3. The number of amides is 2. The maximum atomic E-state index is 13.8. The molecule has 0 spiro atoms. The zero-order valence-electron chi connectivity index (χ0n) is 22.8. The second-order valence-electron chi connectivity index (χ2n) is 10.2. The molecule has 0 radical (unpaired) electrons. The van der Waals surface area contributed by atoms with Gasteiger partial charge in [-0.15, -0.1) is 0 Å². The van der Waals surface area contributed by atoms with E-state index in [1.807, 2.05) is 13.0 Å². The van der Waals surface area contributed by atoms with Gasteiger partial charge in [0.25, 0.3) is 0 Å². The summed E-state index contributed by atoms with van der Waals surface area (Å²) in [7, 11) is 0. The summed E-state index contributed by atoms with van der Waals surface area (Å²) in [4.78, 5) is 43.5. The number of rotatable bonds is 10. The molecule has 2 amide bonds. The summed E-state index contributed by atoms with van der Waals surface area (Å²) in [5, 5.41) is 25.5. The third kappa shape index (κ3) is 5.11. The number of carbonyl (C=O) groups excluding carboxylic acids is 2. The lowest BCUT2D eigenvalue weighted by atomic mass is 9.73. The molecule has 216 valence electrons. The zero-order chi connectivity index (χ0) is 29.1. The number of amidine groups is 1. The Bertz CT molecular complexity index is 1460. The summed E-state index contributed by atoms with van der Waals surface area (Å²) >= 11 is 0. The minimum Gasteiger partial charge on any atom is -0.488 e. The van der Waals surface area contributed by atoms with Crippen LogP contribution in [0, 0.1) is 5.41 Å². The predicted octanol–water partition coefficient (Wildman–Crippen LogP) is 1.09. The number of furan rings is 1. The maximum absolute atomic E-state index is 13.8. The number of ether oxygens (including phenoxy) is 1. The first kappa shape index (κ1) is 28.1. The molecule has 2 fully saturated rings. The summed E-state index contributed by atoms with van der Waals surface area (Å²) in [5.41, 5.74) is 5.64. The second-order valence-corrected chi connectivity index (χ2v) is 10.2. The Hall–Kier alpha value is -4.42. The molecule has 2 aliphatic rings. The number of hydrogen-bond donors (Lipinski definition) is 5. The Balaban J connectivity index is 1.77. The van der Waals surface area contributed by atoms with Crippen molar-refractivity contribution in [1.29, 1.82) is 5.41 Å². The Morgan fingerprint density at radius 3 is 2.44 bits per heavy atom. The average Bonchev–Trinajstić information content (AvgIpc) is 3.44. The topological polar surface area (TPSA) is 174 Å². The van der Waals surface area contributed by atoms with Crippen LogP contribution >= 0.6 is 0 Å². The normalized spacial score (nSPS) is 19.0. The molecule has 3 atom stereocenters. The van der Waals surface area contributed by atoms with Crippen LogP contribution in [0.2, 0.25) is 0 Å². The number of hydrogen-bond acceptors (Lipinski definition) is 8.